The van der Waals surface area contributed by atoms with Crippen molar-refractivity contribution in [2.24, 2.45) is 4.99 Å². The van der Waals surface area contributed by atoms with Crippen molar-refractivity contribution in [3.8, 4) is 5.75 Å². The summed E-state index contributed by atoms with van der Waals surface area (Å²) < 4.78 is 5.91. The number of nitrogens with zero attached hydrogens (tertiary/aromatic N) is 2. The summed E-state index contributed by atoms with van der Waals surface area (Å²) in [5.41, 5.74) is 2.95. The SMILES string of the molecule is C=Nc1ccc(SC)cc1N(C)COc1ccc(CC(SC)C(C)=O)cc1. The monoisotopic (exact) mass is 402 g/mol. The van der Waals surface area contributed by atoms with Gasteiger partial charge in [-0.3, -0.25) is 9.79 Å². The van der Waals surface area contributed by atoms with Crippen molar-refractivity contribution in [2.45, 2.75) is 23.5 Å². The zero-order valence-corrected chi connectivity index (χ0v) is 17.9. The normalized spacial score (nSPS) is 11.7. The molecule has 0 amide bonds. The summed E-state index contributed by atoms with van der Waals surface area (Å²) in [5.74, 6) is 1.01. The molecule has 0 fully saturated rings. The maximum absolute atomic E-state index is 11.6. The van der Waals surface area contributed by atoms with Gasteiger partial charge in [-0.05, 0) is 68.5 Å². The summed E-state index contributed by atoms with van der Waals surface area (Å²) in [7, 11) is 1.97. The molecule has 0 N–H and O–H groups in total. The Morgan fingerprint density at radius 3 is 2.48 bits per heavy atom. The number of Topliss-reactive ketones (excluding diaryl/α,β-unsaturated/α-hetero) is 1. The molecule has 0 aliphatic carbocycles. The average Bonchev–Trinajstić information content (AvgIpc) is 2.70. The molecular weight excluding hydrogens is 376 g/mol. The molecule has 1 unspecified atom stereocenters. The van der Waals surface area contributed by atoms with E-state index in [-0.39, 0.29) is 11.0 Å². The van der Waals surface area contributed by atoms with E-state index < -0.39 is 0 Å². The summed E-state index contributed by atoms with van der Waals surface area (Å²) in [6, 6.07) is 14.0. The van der Waals surface area contributed by atoms with Crippen LogP contribution in [-0.2, 0) is 11.2 Å². The standard InChI is InChI=1S/C21H26N2O2S2/c1-15(24)21(27-5)12-16-6-8-17(9-7-16)25-14-23(3)20-13-18(26-4)10-11-19(20)22-2/h6-11,13,21H,2,12,14H2,1,3-5H3. The van der Waals surface area contributed by atoms with Gasteiger partial charge in [0.15, 0.2) is 6.73 Å². The quantitative estimate of drug-likeness (QED) is 0.315. The number of aliphatic imine (C=N–C) groups is 1. The lowest BCUT2D eigenvalue weighted by molar-refractivity contribution is -0.116. The molecular formula is C21H26N2O2S2. The highest BCUT2D eigenvalue weighted by atomic mass is 32.2. The highest BCUT2D eigenvalue weighted by Crippen LogP contribution is 2.32. The first kappa shape index (κ1) is 21.4. The van der Waals surface area contributed by atoms with Gasteiger partial charge in [0.2, 0.25) is 0 Å². The first-order valence-electron chi connectivity index (χ1n) is 8.59. The van der Waals surface area contributed by atoms with Crippen molar-refractivity contribution in [3.63, 3.8) is 0 Å². The Balaban J connectivity index is 2.00. The number of hydrogen-bond acceptors (Lipinski definition) is 6. The van der Waals surface area contributed by atoms with Gasteiger partial charge >= 0.3 is 0 Å². The minimum Gasteiger partial charge on any atom is -0.473 e. The first-order valence-corrected chi connectivity index (χ1v) is 11.1. The molecule has 4 nitrogen and oxygen atoms in total. The Morgan fingerprint density at radius 1 is 1.22 bits per heavy atom. The van der Waals surface area contributed by atoms with Crippen LogP contribution in [0.5, 0.6) is 5.75 Å². The van der Waals surface area contributed by atoms with E-state index in [1.165, 1.54) is 4.90 Å². The molecule has 0 bridgehead atoms. The number of hydrogen-bond donors (Lipinski definition) is 0. The number of ether oxygens (including phenoxy) is 1. The van der Waals surface area contributed by atoms with E-state index in [1.807, 2.05) is 60.9 Å². The number of benzene rings is 2. The van der Waals surface area contributed by atoms with Crippen molar-refractivity contribution >= 4 is 47.4 Å². The van der Waals surface area contributed by atoms with Crippen LogP contribution in [0.25, 0.3) is 0 Å². The third-order valence-corrected chi connectivity index (χ3v) is 6.06. The lowest BCUT2D eigenvalue weighted by atomic mass is 10.1. The molecule has 2 aromatic rings. The van der Waals surface area contributed by atoms with Gasteiger partial charge < -0.3 is 9.64 Å². The zero-order valence-electron chi connectivity index (χ0n) is 16.3. The van der Waals surface area contributed by atoms with Gasteiger partial charge in [0.25, 0.3) is 0 Å². The van der Waals surface area contributed by atoms with Crippen LogP contribution in [0.1, 0.15) is 12.5 Å². The minimum absolute atomic E-state index is 0.0106. The second-order valence-corrected chi connectivity index (χ2v) is 8.09. The maximum Gasteiger partial charge on any atom is 0.161 e. The van der Waals surface area contributed by atoms with Gasteiger partial charge in [0.05, 0.1) is 16.6 Å². The van der Waals surface area contributed by atoms with Crippen LogP contribution in [0.2, 0.25) is 0 Å². The number of thioether (sulfide) groups is 2. The van der Waals surface area contributed by atoms with Gasteiger partial charge in [-0.1, -0.05) is 12.1 Å². The van der Waals surface area contributed by atoms with Gasteiger partial charge in [0.1, 0.15) is 11.5 Å². The second-order valence-electron chi connectivity index (χ2n) is 6.17. The summed E-state index contributed by atoms with van der Waals surface area (Å²) in [6.45, 7) is 5.70. The lowest BCUT2D eigenvalue weighted by Crippen LogP contribution is -2.23. The van der Waals surface area contributed by atoms with Gasteiger partial charge in [-0.25, -0.2) is 0 Å². The van der Waals surface area contributed by atoms with E-state index >= 15 is 0 Å². The fourth-order valence-corrected chi connectivity index (χ4v) is 3.76. The second kappa shape index (κ2) is 10.4. The zero-order chi connectivity index (χ0) is 19.8. The van der Waals surface area contributed by atoms with E-state index in [2.05, 4.69) is 17.8 Å². The molecule has 1 atom stereocenters. The van der Waals surface area contributed by atoms with Crippen LogP contribution >= 0.6 is 23.5 Å². The van der Waals surface area contributed by atoms with E-state index in [1.54, 1.807) is 30.4 Å². The van der Waals surface area contributed by atoms with Crippen LogP contribution in [0.4, 0.5) is 11.4 Å². The van der Waals surface area contributed by atoms with E-state index in [9.17, 15) is 4.79 Å². The van der Waals surface area contributed by atoms with Crippen molar-refractivity contribution in [2.75, 3.05) is 31.2 Å². The van der Waals surface area contributed by atoms with Crippen molar-refractivity contribution in [3.05, 3.63) is 48.0 Å². The van der Waals surface area contributed by atoms with E-state index in [4.69, 9.17) is 4.74 Å². The molecule has 0 aliphatic heterocycles. The van der Waals surface area contributed by atoms with Crippen LogP contribution in [0.3, 0.4) is 0 Å². The summed E-state index contributed by atoms with van der Waals surface area (Å²) in [4.78, 5) is 18.9. The Morgan fingerprint density at radius 2 is 1.93 bits per heavy atom. The van der Waals surface area contributed by atoms with Gasteiger partial charge in [-0.15, -0.1) is 11.8 Å². The Bertz CT molecular complexity index is 778. The average molecular weight is 403 g/mol. The fraction of sp³-hybridized carbons (Fsp3) is 0.333. The molecule has 0 aliphatic rings. The molecule has 0 aromatic heterocycles. The largest absolute Gasteiger partial charge is 0.473 e. The van der Waals surface area contributed by atoms with E-state index in [0.29, 0.717) is 6.73 Å². The Kier molecular flexibility index (Phi) is 8.25. The van der Waals surface area contributed by atoms with Crippen LogP contribution < -0.4 is 9.64 Å². The number of carbonyl (C=O) groups excluding carboxylic acids is 1. The highest BCUT2D eigenvalue weighted by molar-refractivity contribution is 7.99. The minimum atomic E-state index is 0.0106. The third kappa shape index (κ3) is 6.04. The molecule has 2 rings (SSSR count). The molecule has 0 heterocycles. The van der Waals surface area contributed by atoms with Gasteiger partial charge in [0, 0.05) is 11.9 Å². The summed E-state index contributed by atoms with van der Waals surface area (Å²) >= 11 is 3.28. The highest BCUT2D eigenvalue weighted by Gasteiger charge is 2.13. The smallest absolute Gasteiger partial charge is 0.161 e. The van der Waals surface area contributed by atoms with Crippen molar-refractivity contribution < 1.29 is 9.53 Å². The van der Waals surface area contributed by atoms with Gasteiger partial charge in [-0.2, -0.15) is 11.8 Å². The number of ketones is 1. The molecule has 0 saturated heterocycles. The van der Waals surface area contributed by atoms with E-state index in [0.717, 1.165) is 29.1 Å². The van der Waals surface area contributed by atoms with Crippen molar-refractivity contribution in [1.29, 1.82) is 0 Å². The fourth-order valence-electron chi connectivity index (χ4n) is 2.64. The van der Waals surface area contributed by atoms with Crippen LogP contribution in [0.15, 0.2) is 52.4 Å². The van der Waals surface area contributed by atoms with Crippen molar-refractivity contribution in [1.82, 2.24) is 0 Å². The number of rotatable bonds is 10. The first-order chi connectivity index (χ1) is 13.0. The molecule has 0 radical (unpaired) electrons. The topological polar surface area (TPSA) is 41.9 Å². The lowest BCUT2D eigenvalue weighted by Gasteiger charge is -2.22. The predicted octanol–water partition coefficient (Wildman–Crippen LogP) is 5.08. The summed E-state index contributed by atoms with van der Waals surface area (Å²) in [5, 5.41) is 0.0106. The Hall–Kier alpha value is -1.92. The number of carbonyl (C=O) groups is 1. The predicted molar refractivity (Wildman–Crippen MR) is 119 cm³/mol. The number of anilines is 1. The maximum atomic E-state index is 11.6. The Labute approximate surface area is 170 Å². The van der Waals surface area contributed by atoms with Crippen LogP contribution in [0, 0.1) is 0 Å². The molecule has 144 valence electrons. The molecule has 27 heavy (non-hydrogen) atoms. The van der Waals surface area contributed by atoms with Crippen LogP contribution in [-0.4, -0.2) is 44.0 Å². The third-order valence-electron chi connectivity index (χ3n) is 4.27. The molecule has 0 saturated carbocycles. The summed E-state index contributed by atoms with van der Waals surface area (Å²) in [6.07, 6.45) is 4.76. The molecule has 2 aromatic carbocycles. The molecule has 6 heteroatoms. The molecule has 0 spiro atoms.